The van der Waals surface area contributed by atoms with Gasteiger partial charge in [0.15, 0.2) is 0 Å². The summed E-state index contributed by atoms with van der Waals surface area (Å²) in [7, 11) is 4.07. The summed E-state index contributed by atoms with van der Waals surface area (Å²) in [5, 5.41) is 3.03. The van der Waals surface area contributed by atoms with Crippen molar-refractivity contribution < 1.29 is 4.79 Å². The molecule has 0 aliphatic carbocycles. The standard InChI is InChI=1S/C15H24N2OS/c1-12(9-10-19-4)16-15(18)14-7-5-13(6-8-14)11-17(2)3/h5-8,12H,9-11H2,1-4H3,(H,16,18). The Labute approximate surface area is 120 Å². The van der Waals surface area contributed by atoms with E-state index in [1.807, 2.05) is 38.4 Å². The highest BCUT2D eigenvalue weighted by Gasteiger charge is 2.09. The van der Waals surface area contributed by atoms with Gasteiger partial charge in [-0.2, -0.15) is 11.8 Å². The number of nitrogens with zero attached hydrogens (tertiary/aromatic N) is 1. The molecule has 0 radical (unpaired) electrons. The molecule has 1 rings (SSSR count). The van der Waals surface area contributed by atoms with Gasteiger partial charge in [-0.1, -0.05) is 12.1 Å². The molecular weight excluding hydrogens is 256 g/mol. The molecule has 1 unspecified atom stereocenters. The molecule has 0 saturated heterocycles. The van der Waals surface area contributed by atoms with E-state index in [0.29, 0.717) is 0 Å². The Balaban J connectivity index is 2.53. The number of nitrogens with one attached hydrogen (secondary N) is 1. The first-order valence-corrected chi connectivity index (χ1v) is 7.95. The number of carbonyl (C=O) groups is 1. The van der Waals surface area contributed by atoms with Gasteiger partial charge in [-0.25, -0.2) is 0 Å². The van der Waals surface area contributed by atoms with Crippen LogP contribution in [0, 0.1) is 0 Å². The fraction of sp³-hybridized carbons (Fsp3) is 0.533. The van der Waals surface area contributed by atoms with E-state index in [2.05, 4.69) is 23.4 Å². The quantitative estimate of drug-likeness (QED) is 0.833. The third-order valence-electron chi connectivity index (χ3n) is 2.85. The maximum atomic E-state index is 12.0. The van der Waals surface area contributed by atoms with Gasteiger partial charge in [0.25, 0.3) is 5.91 Å². The molecule has 1 amide bonds. The molecule has 1 N–H and O–H groups in total. The van der Waals surface area contributed by atoms with E-state index in [1.54, 1.807) is 11.8 Å². The van der Waals surface area contributed by atoms with Crippen LogP contribution in [0.25, 0.3) is 0 Å². The molecule has 0 saturated carbocycles. The van der Waals surface area contributed by atoms with Crippen molar-refractivity contribution in [2.75, 3.05) is 26.1 Å². The molecule has 0 heterocycles. The van der Waals surface area contributed by atoms with Crippen molar-refractivity contribution in [2.45, 2.75) is 25.9 Å². The van der Waals surface area contributed by atoms with Gasteiger partial charge in [0.05, 0.1) is 0 Å². The van der Waals surface area contributed by atoms with E-state index >= 15 is 0 Å². The topological polar surface area (TPSA) is 32.3 Å². The summed E-state index contributed by atoms with van der Waals surface area (Å²) in [4.78, 5) is 14.1. The highest BCUT2D eigenvalue weighted by molar-refractivity contribution is 7.98. The zero-order chi connectivity index (χ0) is 14.3. The molecule has 1 atom stereocenters. The highest BCUT2D eigenvalue weighted by Crippen LogP contribution is 2.07. The minimum Gasteiger partial charge on any atom is -0.350 e. The van der Waals surface area contributed by atoms with Gasteiger partial charge in [0.2, 0.25) is 0 Å². The SMILES string of the molecule is CSCCC(C)NC(=O)c1ccc(CN(C)C)cc1. The summed E-state index contributed by atoms with van der Waals surface area (Å²) >= 11 is 1.80. The third-order valence-corrected chi connectivity index (χ3v) is 3.49. The lowest BCUT2D eigenvalue weighted by atomic mass is 10.1. The predicted octanol–water partition coefficient (Wildman–Crippen LogP) is 2.62. The molecule has 0 aliphatic rings. The van der Waals surface area contributed by atoms with Gasteiger partial charge in [-0.3, -0.25) is 4.79 Å². The lowest BCUT2D eigenvalue weighted by Crippen LogP contribution is -2.32. The molecule has 0 spiro atoms. The van der Waals surface area contributed by atoms with Crippen molar-refractivity contribution in [1.82, 2.24) is 10.2 Å². The Morgan fingerprint density at radius 2 is 1.95 bits per heavy atom. The lowest BCUT2D eigenvalue weighted by Gasteiger charge is -2.14. The number of amides is 1. The third kappa shape index (κ3) is 6.12. The molecule has 0 bridgehead atoms. The molecule has 1 aromatic carbocycles. The van der Waals surface area contributed by atoms with Gasteiger partial charge in [0.1, 0.15) is 0 Å². The Morgan fingerprint density at radius 1 is 1.32 bits per heavy atom. The van der Waals surface area contributed by atoms with E-state index < -0.39 is 0 Å². The van der Waals surface area contributed by atoms with Crippen LogP contribution in [0.2, 0.25) is 0 Å². The average molecular weight is 280 g/mol. The van der Waals surface area contributed by atoms with Crippen LogP contribution in [0.1, 0.15) is 29.3 Å². The predicted molar refractivity (Wildman–Crippen MR) is 83.8 cm³/mol. The van der Waals surface area contributed by atoms with Crippen molar-refractivity contribution in [3.05, 3.63) is 35.4 Å². The zero-order valence-corrected chi connectivity index (χ0v) is 13.1. The molecule has 19 heavy (non-hydrogen) atoms. The van der Waals surface area contributed by atoms with E-state index in [9.17, 15) is 4.79 Å². The van der Waals surface area contributed by atoms with Gasteiger partial charge >= 0.3 is 0 Å². The van der Waals surface area contributed by atoms with Crippen molar-refractivity contribution in [2.24, 2.45) is 0 Å². The molecule has 0 aromatic heterocycles. The molecule has 0 fully saturated rings. The molecule has 106 valence electrons. The summed E-state index contributed by atoms with van der Waals surface area (Å²) < 4.78 is 0. The van der Waals surface area contributed by atoms with Crippen molar-refractivity contribution in [3.8, 4) is 0 Å². The van der Waals surface area contributed by atoms with E-state index in [0.717, 1.165) is 24.3 Å². The summed E-state index contributed by atoms with van der Waals surface area (Å²) in [6.45, 7) is 2.94. The van der Waals surface area contributed by atoms with Crippen LogP contribution in [0.15, 0.2) is 24.3 Å². The van der Waals surface area contributed by atoms with Crippen LogP contribution < -0.4 is 5.32 Å². The van der Waals surface area contributed by atoms with Crippen LogP contribution in [0.5, 0.6) is 0 Å². The first-order valence-electron chi connectivity index (χ1n) is 6.56. The maximum Gasteiger partial charge on any atom is 0.251 e. The number of hydrogen-bond acceptors (Lipinski definition) is 3. The van der Waals surface area contributed by atoms with Gasteiger partial charge < -0.3 is 10.2 Å². The largest absolute Gasteiger partial charge is 0.350 e. The van der Waals surface area contributed by atoms with Gasteiger partial charge in [-0.05, 0) is 57.1 Å². The number of rotatable bonds is 7. The fourth-order valence-electron chi connectivity index (χ4n) is 1.80. The monoisotopic (exact) mass is 280 g/mol. The van der Waals surface area contributed by atoms with E-state index in [1.165, 1.54) is 5.56 Å². The van der Waals surface area contributed by atoms with Crippen LogP contribution in [0.3, 0.4) is 0 Å². The second-order valence-electron chi connectivity index (χ2n) is 5.09. The number of thioether (sulfide) groups is 1. The number of hydrogen-bond donors (Lipinski definition) is 1. The maximum absolute atomic E-state index is 12.0. The van der Waals surface area contributed by atoms with Gasteiger partial charge in [0, 0.05) is 18.2 Å². The van der Waals surface area contributed by atoms with Crippen LogP contribution in [0.4, 0.5) is 0 Å². The molecule has 4 heteroatoms. The van der Waals surface area contributed by atoms with Gasteiger partial charge in [-0.15, -0.1) is 0 Å². The van der Waals surface area contributed by atoms with Crippen molar-refractivity contribution in [1.29, 1.82) is 0 Å². The number of carbonyl (C=O) groups excluding carboxylic acids is 1. The second-order valence-corrected chi connectivity index (χ2v) is 6.08. The second kappa shape index (κ2) is 8.23. The molecule has 0 aliphatic heterocycles. The van der Waals surface area contributed by atoms with E-state index in [-0.39, 0.29) is 11.9 Å². The van der Waals surface area contributed by atoms with Crippen LogP contribution >= 0.6 is 11.8 Å². The highest BCUT2D eigenvalue weighted by atomic mass is 32.2. The van der Waals surface area contributed by atoms with E-state index in [4.69, 9.17) is 0 Å². The normalized spacial score (nSPS) is 12.5. The summed E-state index contributed by atoms with van der Waals surface area (Å²) in [5.41, 5.74) is 1.95. The minimum absolute atomic E-state index is 0.0185. The first-order chi connectivity index (χ1) is 9.02. The molecule has 3 nitrogen and oxygen atoms in total. The Kier molecular flexibility index (Phi) is 6.95. The Bertz CT molecular complexity index is 390. The molecular formula is C15H24N2OS. The summed E-state index contributed by atoms with van der Waals surface area (Å²) in [5.74, 6) is 1.09. The molecule has 1 aromatic rings. The Morgan fingerprint density at radius 3 is 2.47 bits per heavy atom. The summed E-state index contributed by atoms with van der Waals surface area (Å²) in [6.07, 6.45) is 3.09. The van der Waals surface area contributed by atoms with Crippen LogP contribution in [-0.2, 0) is 6.54 Å². The zero-order valence-electron chi connectivity index (χ0n) is 12.3. The summed E-state index contributed by atoms with van der Waals surface area (Å²) in [6, 6.07) is 8.05. The number of benzene rings is 1. The van der Waals surface area contributed by atoms with Crippen molar-refractivity contribution >= 4 is 17.7 Å². The first kappa shape index (κ1) is 16.1. The minimum atomic E-state index is 0.0185. The smallest absolute Gasteiger partial charge is 0.251 e. The average Bonchev–Trinajstić information content (AvgIpc) is 2.36. The lowest BCUT2D eigenvalue weighted by molar-refractivity contribution is 0.0939. The fourth-order valence-corrected chi connectivity index (χ4v) is 2.39. The van der Waals surface area contributed by atoms with Crippen molar-refractivity contribution in [3.63, 3.8) is 0 Å². The Hall–Kier alpha value is -1.00. The van der Waals surface area contributed by atoms with Crippen LogP contribution in [-0.4, -0.2) is 43.0 Å².